The molecule has 0 radical (unpaired) electrons. The highest BCUT2D eigenvalue weighted by molar-refractivity contribution is 7.89. The minimum Gasteiger partial charge on any atom is -0.207 e. The minimum atomic E-state index is -3.63. The Balaban J connectivity index is 1.80. The molecule has 4 heteroatoms. The number of benzene rings is 3. The summed E-state index contributed by atoms with van der Waals surface area (Å²) in [5.74, 6) is 0.154. The van der Waals surface area contributed by atoms with Gasteiger partial charge in [-0.2, -0.15) is 4.31 Å². The largest absolute Gasteiger partial charge is 0.243 e. The molecule has 2 atom stereocenters. The molecule has 150 valence electrons. The van der Waals surface area contributed by atoms with Crippen molar-refractivity contribution in [1.29, 1.82) is 0 Å². The number of hydrogen-bond donors (Lipinski definition) is 0. The molecule has 1 fully saturated rings. The van der Waals surface area contributed by atoms with E-state index in [-0.39, 0.29) is 5.92 Å². The van der Waals surface area contributed by atoms with Crippen LogP contribution in [0.25, 0.3) is 0 Å². The van der Waals surface area contributed by atoms with Crippen molar-refractivity contribution in [3.05, 3.63) is 101 Å². The zero-order chi connectivity index (χ0) is 20.6. The molecule has 1 aliphatic rings. The molecule has 0 saturated carbocycles. The van der Waals surface area contributed by atoms with Crippen LogP contribution in [-0.4, -0.2) is 19.3 Å². The second-order valence-corrected chi connectivity index (χ2v) is 10.2. The molecule has 0 aliphatic carbocycles. The molecule has 3 aromatic rings. The van der Waals surface area contributed by atoms with E-state index in [4.69, 9.17) is 0 Å². The second-order valence-electron chi connectivity index (χ2n) is 8.30. The van der Waals surface area contributed by atoms with Crippen molar-refractivity contribution in [2.24, 2.45) is 0 Å². The zero-order valence-electron chi connectivity index (χ0n) is 17.2. The predicted molar refractivity (Wildman–Crippen MR) is 117 cm³/mol. The number of nitrogens with zero attached hydrogens (tertiary/aromatic N) is 1. The second kappa shape index (κ2) is 7.43. The van der Waals surface area contributed by atoms with Crippen molar-refractivity contribution in [2.75, 3.05) is 6.54 Å². The molecule has 0 aromatic heterocycles. The normalized spacial score (nSPS) is 22.7. The van der Waals surface area contributed by atoms with Crippen LogP contribution in [0.15, 0.2) is 83.8 Å². The van der Waals surface area contributed by atoms with E-state index in [1.165, 1.54) is 11.1 Å². The van der Waals surface area contributed by atoms with Crippen LogP contribution in [0, 0.1) is 13.8 Å². The number of hydrogen-bond acceptors (Lipinski definition) is 2. The SMILES string of the molecule is Cc1ccc(C2CN(S(=O)(=O)c3ccc(C)cc3)C(C)(c3ccccc3)C2)cc1. The van der Waals surface area contributed by atoms with Crippen LogP contribution >= 0.6 is 0 Å². The fraction of sp³-hybridized carbons (Fsp3) is 0.280. The molecule has 1 aliphatic heterocycles. The molecular weight excluding hydrogens is 378 g/mol. The average Bonchev–Trinajstić information content (AvgIpc) is 3.09. The summed E-state index contributed by atoms with van der Waals surface area (Å²) in [5.41, 5.74) is 3.89. The van der Waals surface area contributed by atoms with Gasteiger partial charge in [-0.15, -0.1) is 0 Å². The van der Waals surface area contributed by atoms with Crippen LogP contribution in [-0.2, 0) is 15.6 Å². The van der Waals surface area contributed by atoms with Crippen molar-refractivity contribution in [3.8, 4) is 0 Å². The van der Waals surface area contributed by atoms with Gasteiger partial charge in [0.15, 0.2) is 0 Å². The topological polar surface area (TPSA) is 37.4 Å². The Morgan fingerprint density at radius 2 is 1.38 bits per heavy atom. The third-order valence-electron chi connectivity index (χ3n) is 6.13. The van der Waals surface area contributed by atoms with Crippen LogP contribution in [0.3, 0.4) is 0 Å². The van der Waals surface area contributed by atoms with E-state index >= 15 is 0 Å². The summed E-state index contributed by atoms with van der Waals surface area (Å²) in [6, 6.07) is 25.6. The van der Waals surface area contributed by atoms with E-state index in [1.807, 2.05) is 49.4 Å². The quantitative estimate of drug-likeness (QED) is 0.583. The maximum atomic E-state index is 13.7. The lowest BCUT2D eigenvalue weighted by Crippen LogP contribution is -2.42. The van der Waals surface area contributed by atoms with Crippen LogP contribution in [0.5, 0.6) is 0 Å². The first-order chi connectivity index (χ1) is 13.8. The maximum Gasteiger partial charge on any atom is 0.243 e. The van der Waals surface area contributed by atoms with Gasteiger partial charge < -0.3 is 0 Å². The van der Waals surface area contributed by atoms with Gasteiger partial charge in [-0.05, 0) is 56.4 Å². The van der Waals surface area contributed by atoms with Crippen LogP contribution in [0.4, 0.5) is 0 Å². The van der Waals surface area contributed by atoms with E-state index in [0.29, 0.717) is 11.4 Å². The highest BCUT2D eigenvalue weighted by Gasteiger charge is 2.49. The van der Waals surface area contributed by atoms with Gasteiger partial charge >= 0.3 is 0 Å². The molecule has 0 amide bonds. The molecule has 0 spiro atoms. The third kappa shape index (κ3) is 3.63. The first kappa shape index (κ1) is 19.9. The Kier molecular flexibility index (Phi) is 5.09. The Morgan fingerprint density at radius 3 is 1.97 bits per heavy atom. The summed E-state index contributed by atoms with van der Waals surface area (Å²) >= 11 is 0. The van der Waals surface area contributed by atoms with Crippen LogP contribution in [0.2, 0.25) is 0 Å². The molecule has 0 bridgehead atoms. The Bertz CT molecular complexity index is 1090. The molecule has 3 aromatic carbocycles. The van der Waals surface area contributed by atoms with Gasteiger partial charge in [-0.3, -0.25) is 0 Å². The highest BCUT2D eigenvalue weighted by atomic mass is 32.2. The fourth-order valence-corrected chi connectivity index (χ4v) is 6.19. The van der Waals surface area contributed by atoms with Gasteiger partial charge in [0.05, 0.1) is 10.4 Å². The van der Waals surface area contributed by atoms with Crippen molar-refractivity contribution < 1.29 is 8.42 Å². The Labute approximate surface area is 174 Å². The first-order valence-electron chi connectivity index (χ1n) is 10.0. The Hall–Kier alpha value is -2.43. The molecule has 1 saturated heterocycles. The molecular formula is C25H27NO2S. The summed E-state index contributed by atoms with van der Waals surface area (Å²) in [6.07, 6.45) is 0.755. The van der Waals surface area contributed by atoms with E-state index in [9.17, 15) is 8.42 Å². The van der Waals surface area contributed by atoms with E-state index in [1.54, 1.807) is 16.4 Å². The Morgan fingerprint density at radius 1 is 0.828 bits per heavy atom. The smallest absolute Gasteiger partial charge is 0.207 e. The van der Waals surface area contributed by atoms with Gasteiger partial charge in [0.1, 0.15) is 0 Å². The van der Waals surface area contributed by atoms with Crippen molar-refractivity contribution in [2.45, 2.75) is 43.5 Å². The van der Waals surface area contributed by atoms with Gasteiger partial charge in [-0.25, -0.2) is 8.42 Å². The molecule has 1 heterocycles. The zero-order valence-corrected chi connectivity index (χ0v) is 18.0. The van der Waals surface area contributed by atoms with E-state index < -0.39 is 15.6 Å². The molecule has 3 nitrogen and oxygen atoms in total. The lowest BCUT2D eigenvalue weighted by Gasteiger charge is -2.34. The van der Waals surface area contributed by atoms with Gasteiger partial charge in [0.25, 0.3) is 0 Å². The lowest BCUT2D eigenvalue weighted by molar-refractivity contribution is 0.270. The maximum absolute atomic E-state index is 13.7. The summed E-state index contributed by atoms with van der Waals surface area (Å²) in [4.78, 5) is 0.356. The minimum absolute atomic E-state index is 0.154. The fourth-order valence-electron chi connectivity index (χ4n) is 4.37. The van der Waals surface area contributed by atoms with Gasteiger partial charge in [0.2, 0.25) is 10.0 Å². The van der Waals surface area contributed by atoms with Gasteiger partial charge in [-0.1, -0.05) is 77.9 Å². The van der Waals surface area contributed by atoms with Crippen LogP contribution in [0.1, 0.15) is 41.5 Å². The monoisotopic (exact) mass is 405 g/mol. The van der Waals surface area contributed by atoms with Crippen molar-refractivity contribution in [1.82, 2.24) is 4.31 Å². The summed E-state index contributed by atoms with van der Waals surface area (Å²) in [7, 11) is -3.63. The molecule has 4 rings (SSSR count). The average molecular weight is 406 g/mol. The number of sulfonamides is 1. The highest BCUT2D eigenvalue weighted by Crippen LogP contribution is 2.47. The molecule has 2 unspecified atom stereocenters. The molecule has 29 heavy (non-hydrogen) atoms. The first-order valence-corrected chi connectivity index (χ1v) is 11.5. The predicted octanol–water partition coefficient (Wildman–Crippen LogP) is 5.40. The van der Waals surface area contributed by atoms with Gasteiger partial charge in [0, 0.05) is 6.54 Å². The van der Waals surface area contributed by atoms with Crippen LogP contribution < -0.4 is 0 Å². The summed E-state index contributed by atoms with van der Waals surface area (Å²) in [6.45, 7) is 6.57. The lowest BCUT2D eigenvalue weighted by atomic mass is 9.85. The third-order valence-corrected chi connectivity index (χ3v) is 8.13. The molecule has 0 N–H and O–H groups in total. The van der Waals surface area contributed by atoms with E-state index in [0.717, 1.165) is 17.5 Å². The van der Waals surface area contributed by atoms with E-state index in [2.05, 4.69) is 38.1 Å². The summed E-state index contributed by atoms with van der Waals surface area (Å²) < 4.78 is 29.1. The summed E-state index contributed by atoms with van der Waals surface area (Å²) in [5, 5.41) is 0. The van der Waals surface area contributed by atoms with Crippen molar-refractivity contribution in [3.63, 3.8) is 0 Å². The number of aryl methyl sites for hydroxylation is 2. The number of rotatable bonds is 4. The standard InChI is InChI=1S/C25H27NO2S/c1-19-9-13-21(14-10-19)22-17-25(3,23-7-5-4-6-8-23)26(18-22)29(27,28)24-15-11-20(2)12-16-24/h4-16,22H,17-18H2,1-3H3. The van der Waals surface area contributed by atoms with Crippen molar-refractivity contribution >= 4 is 10.0 Å².